The van der Waals surface area contributed by atoms with E-state index in [2.05, 4.69) is 25.3 Å². The van der Waals surface area contributed by atoms with Crippen LogP contribution in [-0.4, -0.2) is 88.4 Å². The average Bonchev–Trinajstić information content (AvgIpc) is 3.08. The maximum atomic E-state index is 13.8. The molecule has 4 amide bonds. The summed E-state index contributed by atoms with van der Waals surface area (Å²) in [6.45, 7) is 4.65. The van der Waals surface area contributed by atoms with Crippen molar-refractivity contribution >= 4 is 45.1 Å². The Morgan fingerprint density at radius 2 is 1.36 bits per heavy atom. The van der Waals surface area contributed by atoms with Crippen LogP contribution in [0.3, 0.4) is 0 Å². The molecule has 21 heteroatoms. The average molecular weight is 767 g/mol. The smallest absolute Gasteiger partial charge is 0.457 e. The molecule has 3 aromatic rings. The Hall–Kier alpha value is -5.70. The number of hydroxylamine groups is 1. The molecule has 0 saturated carbocycles. The quantitative estimate of drug-likeness (QED) is 0.121. The number of carbonyl (C=O) groups is 4. The van der Waals surface area contributed by atoms with E-state index in [9.17, 15) is 46.0 Å². The highest BCUT2D eigenvalue weighted by Gasteiger charge is 2.53. The van der Waals surface area contributed by atoms with Gasteiger partial charge in [0, 0.05) is 31.6 Å². The van der Waals surface area contributed by atoms with Crippen molar-refractivity contribution in [1.29, 1.82) is 0 Å². The molecule has 17 nitrogen and oxygen atoms in total. The van der Waals surface area contributed by atoms with Gasteiger partial charge in [0.05, 0.1) is 4.90 Å². The molecular weight excluding hydrogens is 729 g/mol. The zero-order chi connectivity index (χ0) is 39.4. The Morgan fingerprint density at radius 3 is 1.85 bits per heavy atom. The molecule has 0 atom stereocenters. The van der Waals surface area contributed by atoms with Gasteiger partial charge in [-0.2, -0.15) is 0 Å². The molecule has 2 heterocycles. The number of carbonyl (C=O) groups excluding carboxylic acids is 4. The number of rotatable bonds is 11. The van der Waals surface area contributed by atoms with Gasteiger partial charge in [0.1, 0.15) is 17.2 Å². The number of sulfone groups is 1. The van der Waals surface area contributed by atoms with Crippen molar-refractivity contribution in [2.45, 2.75) is 61.6 Å². The first-order valence-corrected chi connectivity index (χ1v) is 17.3. The van der Waals surface area contributed by atoms with Crippen molar-refractivity contribution in [3.8, 4) is 17.2 Å². The molecule has 0 spiro atoms. The van der Waals surface area contributed by atoms with E-state index in [4.69, 9.17) is 16.2 Å². The van der Waals surface area contributed by atoms with Crippen LogP contribution in [0.1, 0.15) is 61.0 Å². The van der Waals surface area contributed by atoms with E-state index in [0.717, 1.165) is 24.3 Å². The number of piperidine rings is 1. The maximum Gasteiger partial charge on any atom is 0.573 e. The van der Waals surface area contributed by atoms with Gasteiger partial charge in [0.25, 0.3) is 17.7 Å². The lowest BCUT2D eigenvalue weighted by Gasteiger charge is -2.39. The summed E-state index contributed by atoms with van der Waals surface area (Å²) >= 11 is 0. The molecule has 1 aromatic heterocycles. The van der Waals surface area contributed by atoms with Gasteiger partial charge >= 0.3 is 6.36 Å². The molecule has 8 N–H and O–H groups in total. The first-order chi connectivity index (χ1) is 24.7. The van der Waals surface area contributed by atoms with Gasteiger partial charge in [-0.25, -0.2) is 23.9 Å². The molecule has 286 valence electrons. The molecule has 1 saturated heterocycles. The fourth-order valence-corrected chi connectivity index (χ4v) is 7.27. The van der Waals surface area contributed by atoms with E-state index in [0.29, 0.717) is 0 Å². The summed E-state index contributed by atoms with van der Waals surface area (Å²) in [6.07, 6.45) is -5.87. The molecule has 53 heavy (non-hydrogen) atoms. The van der Waals surface area contributed by atoms with Crippen molar-refractivity contribution in [2.24, 2.45) is 0 Å². The lowest BCUT2D eigenvalue weighted by molar-refractivity contribution is -0.274. The summed E-state index contributed by atoms with van der Waals surface area (Å²) in [5.41, 5.74) is 11.9. The normalized spacial score (nSPS) is 14.5. The fraction of sp³-hybridized carbons (Fsp3) is 0.375. The fourth-order valence-electron chi connectivity index (χ4n) is 5.32. The van der Waals surface area contributed by atoms with Crippen LogP contribution in [0.4, 0.5) is 24.8 Å². The van der Waals surface area contributed by atoms with Crippen molar-refractivity contribution in [2.75, 3.05) is 31.1 Å². The minimum Gasteiger partial charge on any atom is -0.457 e. The number of anilines is 2. The number of nitrogens with zero attached hydrogens (tertiary/aromatic N) is 3. The van der Waals surface area contributed by atoms with Crippen molar-refractivity contribution in [1.82, 2.24) is 31.0 Å². The second kappa shape index (κ2) is 15.5. The van der Waals surface area contributed by atoms with Gasteiger partial charge in [-0.3, -0.25) is 24.4 Å². The number of ether oxygens (including phenoxy) is 2. The van der Waals surface area contributed by atoms with E-state index in [1.807, 2.05) is 0 Å². The summed E-state index contributed by atoms with van der Waals surface area (Å²) < 4.78 is 72.1. The number of likely N-dealkylation sites (tertiary alicyclic amines) is 1. The van der Waals surface area contributed by atoms with Crippen LogP contribution >= 0.6 is 0 Å². The van der Waals surface area contributed by atoms with Crippen LogP contribution < -0.4 is 37.1 Å². The highest BCUT2D eigenvalue weighted by molar-refractivity contribution is 7.93. The van der Waals surface area contributed by atoms with Crippen molar-refractivity contribution in [3.63, 3.8) is 0 Å². The molecule has 0 unspecified atom stereocenters. The number of nitrogens with two attached hydrogens (primary N) is 2. The van der Waals surface area contributed by atoms with Gasteiger partial charge in [0.2, 0.25) is 5.91 Å². The molecule has 1 aliphatic rings. The number of nitrogens with one attached hydrogen (secondary N) is 3. The number of alkyl halides is 3. The first-order valence-electron chi connectivity index (χ1n) is 15.8. The minimum absolute atomic E-state index is 0.125. The molecule has 4 rings (SSSR count). The van der Waals surface area contributed by atoms with Crippen LogP contribution in [-0.2, 0) is 19.4 Å². The van der Waals surface area contributed by atoms with E-state index in [-0.39, 0.29) is 78.3 Å². The van der Waals surface area contributed by atoms with E-state index < -0.39 is 55.9 Å². The standard InChI is InChI=1S/C32H37F3N8O9S/c1-30(2,3)41-28(46)24-26(37)39-23(25(36)40-24)27(45)38-15-12-22(44)43-16-13-31(14-17-43,29(47)42-48)53(49,50)21-10-8-19(9-11-21)51-18-4-6-20(7-5-18)52-32(33,34)35/h4-11,48H,12-17H2,1-3H3,(H2,36,40)(H2,37,39)(H,38,45)(H,41,46)(H,42,47). The molecule has 2 aromatic carbocycles. The Balaban J connectivity index is 1.36. The SMILES string of the molecule is CC(C)(C)NC(=O)c1nc(N)c(C(=O)NCCC(=O)N2CCC(C(=O)NO)(S(=O)(=O)c3ccc(Oc4ccc(OC(F)(F)F)cc4)cc3)CC2)nc1N. The highest BCUT2D eigenvalue weighted by Crippen LogP contribution is 2.37. The summed E-state index contributed by atoms with van der Waals surface area (Å²) in [4.78, 5) is 59.9. The summed E-state index contributed by atoms with van der Waals surface area (Å²) in [5, 5.41) is 14.6. The monoisotopic (exact) mass is 766 g/mol. The molecule has 0 aliphatic carbocycles. The maximum absolute atomic E-state index is 13.8. The number of hydrogen-bond donors (Lipinski definition) is 6. The molecule has 1 fully saturated rings. The zero-order valence-electron chi connectivity index (χ0n) is 28.6. The van der Waals surface area contributed by atoms with Crippen molar-refractivity contribution < 1.29 is 55.4 Å². The van der Waals surface area contributed by atoms with Crippen LogP contribution in [0.2, 0.25) is 0 Å². The zero-order valence-corrected chi connectivity index (χ0v) is 29.4. The predicted molar refractivity (Wildman–Crippen MR) is 180 cm³/mol. The molecule has 0 bridgehead atoms. The van der Waals surface area contributed by atoms with Crippen LogP contribution in [0.5, 0.6) is 17.2 Å². The summed E-state index contributed by atoms with van der Waals surface area (Å²) in [6, 6.07) is 9.37. The number of halogens is 3. The Bertz CT molecular complexity index is 1960. The summed E-state index contributed by atoms with van der Waals surface area (Å²) in [7, 11) is -4.49. The number of benzene rings is 2. The van der Waals surface area contributed by atoms with E-state index >= 15 is 0 Å². The number of amides is 4. The third-order valence-corrected chi connectivity index (χ3v) is 10.4. The van der Waals surface area contributed by atoms with E-state index in [1.54, 1.807) is 20.8 Å². The number of nitrogen functional groups attached to an aromatic ring is 2. The third kappa shape index (κ3) is 9.60. The summed E-state index contributed by atoms with van der Waals surface area (Å²) in [5.74, 6) is -4.05. The lowest BCUT2D eigenvalue weighted by Crippen LogP contribution is -2.58. The van der Waals surface area contributed by atoms with Gasteiger partial charge in [-0.15, -0.1) is 13.2 Å². The first kappa shape index (κ1) is 40.1. The lowest BCUT2D eigenvalue weighted by atomic mass is 9.94. The van der Waals surface area contributed by atoms with Crippen LogP contribution in [0.15, 0.2) is 53.4 Å². The van der Waals surface area contributed by atoms with Gasteiger partial charge < -0.3 is 36.5 Å². The van der Waals surface area contributed by atoms with Crippen molar-refractivity contribution in [3.05, 3.63) is 59.9 Å². The second-order valence-corrected chi connectivity index (χ2v) is 15.1. The Morgan fingerprint density at radius 1 is 0.868 bits per heavy atom. The Labute approximate surface area is 301 Å². The number of aromatic nitrogens is 2. The van der Waals surface area contributed by atoms with Crippen LogP contribution in [0, 0.1) is 0 Å². The van der Waals surface area contributed by atoms with Gasteiger partial charge in [-0.05, 0) is 82.1 Å². The molecule has 1 aliphatic heterocycles. The third-order valence-electron chi connectivity index (χ3n) is 7.87. The van der Waals surface area contributed by atoms with Gasteiger partial charge in [-0.1, -0.05) is 0 Å². The molecular formula is C32H37F3N8O9S. The van der Waals surface area contributed by atoms with Gasteiger partial charge in [0.15, 0.2) is 37.6 Å². The van der Waals surface area contributed by atoms with Crippen LogP contribution in [0.25, 0.3) is 0 Å². The largest absolute Gasteiger partial charge is 0.573 e. The minimum atomic E-state index is -4.87. The Kier molecular flexibility index (Phi) is 11.7. The second-order valence-electron chi connectivity index (χ2n) is 12.8. The van der Waals surface area contributed by atoms with E-state index in [1.165, 1.54) is 34.6 Å². The topological polar surface area (TPSA) is 258 Å². The number of hydrogen-bond acceptors (Lipinski definition) is 13. The molecule has 0 radical (unpaired) electrons. The highest BCUT2D eigenvalue weighted by atomic mass is 32.2. The predicted octanol–water partition coefficient (Wildman–Crippen LogP) is 2.32.